The molecule has 0 aliphatic heterocycles. The van der Waals surface area contributed by atoms with Crippen molar-refractivity contribution in [3.63, 3.8) is 0 Å². The minimum Gasteiger partial charge on any atom is -0.496 e. The number of nitrogens with one attached hydrogen (secondary N) is 1. The van der Waals surface area contributed by atoms with E-state index in [4.69, 9.17) is 9.84 Å². The molecule has 1 heterocycles. The Morgan fingerprint density at radius 2 is 2.20 bits per heavy atom. The van der Waals surface area contributed by atoms with Crippen LogP contribution in [0.1, 0.15) is 23.6 Å². The van der Waals surface area contributed by atoms with E-state index in [9.17, 15) is 4.79 Å². The fourth-order valence-corrected chi connectivity index (χ4v) is 2.75. The van der Waals surface area contributed by atoms with Crippen LogP contribution in [0, 0.1) is 0 Å². The van der Waals surface area contributed by atoms with E-state index in [1.54, 1.807) is 18.4 Å². The van der Waals surface area contributed by atoms with Crippen molar-refractivity contribution in [3.05, 3.63) is 52.2 Å². The van der Waals surface area contributed by atoms with E-state index in [1.807, 2.05) is 41.1 Å². The molecule has 0 aliphatic carbocycles. The quantitative estimate of drug-likeness (QED) is 0.823. The van der Waals surface area contributed by atoms with Crippen molar-refractivity contribution >= 4 is 17.3 Å². The van der Waals surface area contributed by atoms with E-state index in [0.717, 1.165) is 16.9 Å². The van der Waals surface area contributed by atoms with Crippen molar-refractivity contribution in [1.29, 1.82) is 0 Å². The molecule has 1 atom stereocenters. The van der Waals surface area contributed by atoms with Gasteiger partial charge >= 0.3 is 5.97 Å². The third-order valence-electron chi connectivity index (χ3n) is 3.06. The first-order chi connectivity index (χ1) is 9.70. The smallest absolute Gasteiger partial charge is 0.305 e. The second kappa shape index (κ2) is 7.07. The Kier molecular flexibility index (Phi) is 5.15. The number of aliphatic carboxylic acids is 1. The number of rotatable bonds is 7. The average Bonchev–Trinajstić information content (AvgIpc) is 2.97. The summed E-state index contributed by atoms with van der Waals surface area (Å²) in [6.45, 7) is 0.567. The second-order valence-electron chi connectivity index (χ2n) is 4.40. The summed E-state index contributed by atoms with van der Waals surface area (Å²) in [5.74, 6) is -0.00637. The molecule has 5 heteroatoms. The molecular formula is C15H17NO3S. The summed E-state index contributed by atoms with van der Waals surface area (Å²) in [6, 6.07) is 9.48. The highest BCUT2D eigenvalue weighted by atomic mass is 32.1. The molecule has 0 saturated carbocycles. The monoisotopic (exact) mass is 291 g/mol. The molecule has 2 aromatic rings. The molecule has 0 unspecified atom stereocenters. The number of hydrogen-bond donors (Lipinski definition) is 2. The van der Waals surface area contributed by atoms with E-state index in [1.165, 1.54) is 0 Å². The van der Waals surface area contributed by atoms with Gasteiger partial charge in [-0.05, 0) is 28.5 Å². The lowest BCUT2D eigenvalue weighted by Crippen LogP contribution is -2.23. The van der Waals surface area contributed by atoms with Crippen LogP contribution < -0.4 is 10.1 Å². The normalized spacial score (nSPS) is 12.1. The van der Waals surface area contributed by atoms with E-state index in [0.29, 0.717) is 6.54 Å². The van der Waals surface area contributed by atoms with E-state index in [2.05, 4.69) is 5.32 Å². The maximum Gasteiger partial charge on any atom is 0.305 e. The topological polar surface area (TPSA) is 58.6 Å². The summed E-state index contributed by atoms with van der Waals surface area (Å²) in [4.78, 5) is 11.0. The first-order valence-electron chi connectivity index (χ1n) is 6.30. The maximum atomic E-state index is 11.0. The Morgan fingerprint density at radius 1 is 1.40 bits per heavy atom. The molecule has 0 spiro atoms. The molecule has 0 bridgehead atoms. The van der Waals surface area contributed by atoms with Crippen LogP contribution in [0.2, 0.25) is 0 Å². The molecule has 0 aliphatic rings. The minimum absolute atomic E-state index is 0.0614. The molecule has 106 valence electrons. The van der Waals surface area contributed by atoms with Gasteiger partial charge < -0.3 is 15.2 Å². The van der Waals surface area contributed by atoms with Crippen LogP contribution in [0.4, 0.5) is 0 Å². The average molecular weight is 291 g/mol. The third-order valence-corrected chi connectivity index (χ3v) is 3.76. The largest absolute Gasteiger partial charge is 0.496 e. The zero-order valence-corrected chi connectivity index (χ0v) is 12.0. The number of thiophene rings is 1. The van der Waals surface area contributed by atoms with Gasteiger partial charge in [0.1, 0.15) is 5.75 Å². The van der Waals surface area contributed by atoms with Gasteiger partial charge in [0.2, 0.25) is 0 Å². The van der Waals surface area contributed by atoms with Crippen LogP contribution in [0.15, 0.2) is 41.1 Å². The fourth-order valence-electron chi connectivity index (χ4n) is 2.04. The highest BCUT2D eigenvalue weighted by Crippen LogP contribution is 2.22. The first kappa shape index (κ1) is 14.6. The Morgan fingerprint density at radius 3 is 2.85 bits per heavy atom. The SMILES string of the molecule is COc1ccccc1CN[C@H](CC(=O)O)c1ccsc1. The van der Waals surface area contributed by atoms with E-state index < -0.39 is 5.97 Å². The Hall–Kier alpha value is -1.85. The maximum absolute atomic E-state index is 11.0. The van der Waals surface area contributed by atoms with Crippen LogP contribution in [-0.4, -0.2) is 18.2 Å². The summed E-state index contributed by atoms with van der Waals surface area (Å²) in [6.07, 6.45) is 0.0614. The molecule has 1 aromatic carbocycles. The van der Waals surface area contributed by atoms with Crippen LogP contribution in [0.25, 0.3) is 0 Å². The zero-order valence-electron chi connectivity index (χ0n) is 11.2. The molecule has 2 N–H and O–H groups in total. The lowest BCUT2D eigenvalue weighted by molar-refractivity contribution is -0.137. The number of carboxylic acids is 1. The Labute approximate surface area is 122 Å². The van der Waals surface area contributed by atoms with E-state index in [-0.39, 0.29) is 12.5 Å². The molecule has 0 fully saturated rings. The van der Waals surface area contributed by atoms with Gasteiger partial charge in [0, 0.05) is 18.2 Å². The number of para-hydroxylation sites is 1. The Balaban J connectivity index is 2.07. The number of carbonyl (C=O) groups is 1. The molecule has 0 saturated heterocycles. The minimum atomic E-state index is -0.811. The zero-order chi connectivity index (χ0) is 14.4. The van der Waals surface area contributed by atoms with Gasteiger partial charge in [-0.1, -0.05) is 18.2 Å². The van der Waals surface area contributed by atoms with Crippen molar-refractivity contribution in [3.8, 4) is 5.75 Å². The summed E-state index contributed by atoms with van der Waals surface area (Å²) < 4.78 is 5.30. The van der Waals surface area contributed by atoms with Crippen LogP contribution in [0.5, 0.6) is 5.75 Å². The number of ether oxygens (including phenoxy) is 1. The molecule has 0 radical (unpaired) electrons. The molecular weight excluding hydrogens is 274 g/mol. The lowest BCUT2D eigenvalue weighted by Gasteiger charge is -2.17. The van der Waals surface area contributed by atoms with Gasteiger partial charge in [-0.25, -0.2) is 0 Å². The number of benzene rings is 1. The highest BCUT2D eigenvalue weighted by Gasteiger charge is 2.16. The van der Waals surface area contributed by atoms with E-state index >= 15 is 0 Å². The standard InChI is InChI=1S/C15H17NO3S/c1-19-14-5-3-2-4-11(14)9-16-13(8-15(17)18)12-6-7-20-10-12/h2-7,10,13,16H,8-9H2,1H3,(H,17,18)/t13-/m1/s1. The third kappa shape index (κ3) is 3.82. The number of carboxylic acid groups (broad SMARTS) is 1. The molecule has 2 rings (SSSR count). The van der Waals surface area contributed by atoms with Gasteiger partial charge in [0.25, 0.3) is 0 Å². The van der Waals surface area contributed by atoms with Crippen molar-refractivity contribution in [2.75, 3.05) is 7.11 Å². The molecule has 1 aromatic heterocycles. The van der Waals surface area contributed by atoms with Gasteiger partial charge in [0.15, 0.2) is 0 Å². The van der Waals surface area contributed by atoms with Crippen molar-refractivity contribution in [1.82, 2.24) is 5.32 Å². The Bertz CT molecular complexity index is 554. The fraction of sp³-hybridized carbons (Fsp3) is 0.267. The predicted octanol–water partition coefficient (Wildman–Crippen LogP) is 3.06. The van der Waals surface area contributed by atoms with Gasteiger partial charge in [-0.15, -0.1) is 0 Å². The lowest BCUT2D eigenvalue weighted by atomic mass is 10.1. The second-order valence-corrected chi connectivity index (χ2v) is 5.18. The predicted molar refractivity (Wildman–Crippen MR) is 79.1 cm³/mol. The van der Waals surface area contributed by atoms with Gasteiger partial charge in [0.05, 0.1) is 13.5 Å². The molecule has 0 amide bonds. The van der Waals surface area contributed by atoms with Crippen LogP contribution in [0.3, 0.4) is 0 Å². The summed E-state index contributed by atoms with van der Waals surface area (Å²) in [7, 11) is 1.63. The van der Waals surface area contributed by atoms with Crippen molar-refractivity contribution in [2.24, 2.45) is 0 Å². The summed E-state index contributed by atoms with van der Waals surface area (Å²) in [5.41, 5.74) is 2.02. The summed E-state index contributed by atoms with van der Waals surface area (Å²) in [5, 5.41) is 16.2. The van der Waals surface area contributed by atoms with Crippen LogP contribution in [-0.2, 0) is 11.3 Å². The number of hydrogen-bond acceptors (Lipinski definition) is 4. The van der Waals surface area contributed by atoms with Crippen LogP contribution >= 0.6 is 11.3 Å². The van der Waals surface area contributed by atoms with Gasteiger partial charge in [-0.3, -0.25) is 4.79 Å². The van der Waals surface area contributed by atoms with Crippen molar-refractivity contribution < 1.29 is 14.6 Å². The van der Waals surface area contributed by atoms with Crippen molar-refractivity contribution in [2.45, 2.75) is 19.0 Å². The van der Waals surface area contributed by atoms with Gasteiger partial charge in [-0.2, -0.15) is 11.3 Å². The first-order valence-corrected chi connectivity index (χ1v) is 7.24. The molecule has 20 heavy (non-hydrogen) atoms. The number of methoxy groups -OCH3 is 1. The highest BCUT2D eigenvalue weighted by molar-refractivity contribution is 7.07. The summed E-state index contributed by atoms with van der Waals surface area (Å²) >= 11 is 1.57. The molecule has 4 nitrogen and oxygen atoms in total.